The second-order valence-corrected chi connectivity index (χ2v) is 12.9. The largest absolute Gasteiger partial charge is 0.495 e. The SMILES string of the molecule is COc1ccc(N(CCCC(=O)N(Cc2ccccc2C)[C@H](Cc2ccccc2)C(=O)NC(C)C)S(C)(=O)=O)cc1Cl. The third-order valence-corrected chi connectivity index (χ3v) is 8.37. The molecule has 0 fully saturated rings. The van der Waals surface area contributed by atoms with Gasteiger partial charge in [-0.25, -0.2) is 8.42 Å². The molecule has 0 saturated heterocycles. The summed E-state index contributed by atoms with van der Waals surface area (Å²) in [4.78, 5) is 29.1. The predicted molar refractivity (Wildman–Crippen MR) is 168 cm³/mol. The summed E-state index contributed by atoms with van der Waals surface area (Å²) >= 11 is 6.26. The van der Waals surface area contributed by atoms with Crippen molar-refractivity contribution in [3.8, 4) is 5.75 Å². The van der Waals surface area contributed by atoms with E-state index in [0.29, 0.717) is 17.9 Å². The summed E-state index contributed by atoms with van der Waals surface area (Å²) in [6, 6.07) is 21.3. The van der Waals surface area contributed by atoms with E-state index < -0.39 is 16.1 Å². The number of hydrogen-bond donors (Lipinski definition) is 1. The highest BCUT2D eigenvalue weighted by molar-refractivity contribution is 7.92. The van der Waals surface area contributed by atoms with Gasteiger partial charge in [-0.2, -0.15) is 0 Å². The summed E-state index contributed by atoms with van der Waals surface area (Å²) in [5.41, 5.74) is 3.26. The maximum absolute atomic E-state index is 13.9. The summed E-state index contributed by atoms with van der Waals surface area (Å²) in [6.07, 6.45) is 1.74. The Balaban J connectivity index is 1.89. The van der Waals surface area contributed by atoms with E-state index in [9.17, 15) is 18.0 Å². The van der Waals surface area contributed by atoms with Crippen LogP contribution < -0.4 is 14.4 Å². The molecule has 1 N–H and O–H groups in total. The van der Waals surface area contributed by atoms with E-state index >= 15 is 0 Å². The molecule has 0 bridgehead atoms. The highest BCUT2D eigenvalue weighted by Gasteiger charge is 2.31. The van der Waals surface area contributed by atoms with Crippen LogP contribution in [0.4, 0.5) is 5.69 Å². The number of hydrogen-bond acceptors (Lipinski definition) is 5. The van der Waals surface area contributed by atoms with Gasteiger partial charge in [0.05, 0.1) is 24.1 Å². The van der Waals surface area contributed by atoms with Crippen molar-refractivity contribution < 1.29 is 22.7 Å². The van der Waals surface area contributed by atoms with Gasteiger partial charge in [0.2, 0.25) is 21.8 Å². The smallest absolute Gasteiger partial charge is 0.243 e. The number of halogens is 1. The van der Waals surface area contributed by atoms with Gasteiger partial charge in [-0.1, -0.05) is 66.2 Å². The molecule has 0 spiro atoms. The van der Waals surface area contributed by atoms with Crippen molar-refractivity contribution in [2.45, 2.75) is 58.7 Å². The quantitative estimate of drug-likeness (QED) is 0.264. The van der Waals surface area contributed by atoms with Crippen molar-refractivity contribution in [2.24, 2.45) is 0 Å². The van der Waals surface area contributed by atoms with Crippen LogP contribution in [0, 0.1) is 6.92 Å². The molecule has 10 heteroatoms. The lowest BCUT2D eigenvalue weighted by Gasteiger charge is -2.33. The number of sulfonamides is 1. The fraction of sp³-hybridized carbons (Fsp3) is 0.375. The van der Waals surface area contributed by atoms with E-state index in [1.54, 1.807) is 17.0 Å². The molecule has 0 aliphatic rings. The number of benzene rings is 3. The van der Waals surface area contributed by atoms with Crippen LogP contribution in [0.5, 0.6) is 5.75 Å². The average Bonchev–Trinajstić information content (AvgIpc) is 2.93. The molecule has 0 radical (unpaired) electrons. The van der Waals surface area contributed by atoms with Gasteiger partial charge in [0.25, 0.3) is 0 Å². The Morgan fingerprint density at radius 1 is 1.00 bits per heavy atom. The summed E-state index contributed by atoms with van der Waals surface area (Å²) in [5, 5.41) is 3.27. The van der Waals surface area contributed by atoms with E-state index in [4.69, 9.17) is 16.3 Å². The number of rotatable bonds is 14. The van der Waals surface area contributed by atoms with Crippen LogP contribution in [0.2, 0.25) is 5.02 Å². The van der Waals surface area contributed by atoms with Crippen LogP contribution in [0.25, 0.3) is 0 Å². The van der Waals surface area contributed by atoms with Gasteiger partial charge in [0, 0.05) is 32.0 Å². The van der Waals surface area contributed by atoms with E-state index in [-0.39, 0.29) is 48.8 Å². The maximum atomic E-state index is 13.9. The number of aryl methyl sites for hydroxylation is 1. The third-order valence-electron chi connectivity index (χ3n) is 6.88. The van der Waals surface area contributed by atoms with Crippen molar-refractivity contribution in [1.82, 2.24) is 10.2 Å². The van der Waals surface area contributed by atoms with E-state index in [1.165, 1.54) is 17.5 Å². The first-order valence-corrected chi connectivity index (χ1v) is 16.1. The normalized spacial score (nSPS) is 12.1. The van der Waals surface area contributed by atoms with Gasteiger partial charge >= 0.3 is 0 Å². The van der Waals surface area contributed by atoms with Crippen LogP contribution >= 0.6 is 11.6 Å². The van der Waals surface area contributed by atoms with Gasteiger partial charge in [-0.3, -0.25) is 13.9 Å². The lowest BCUT2D eigenvalue weighted by atomic mass is 10.0. The Hall–Kier alpha value is -3.56. The van der Waals surface area contributed by atoms with Gasteiger partial charge in [0.15, 0.2) is 0 Å². The molecule has 8 nitrogen and oxygen atoms in total. The maximum Gasteiger partial charge on any atom is 0.243 e. The van der Waals surface area contributed by atoms with Gasteiger partial charge in [0.1, 0.15) is 11.8 Å². The summed E-state index contributed by atoms with van der Waals surface area (Å²) in [7, 11) is -2.18. The highest BCUT2D eigenvalue weighted by atomic mass is 35.5. The van der Waals surface area contributed by atoms with Crippen LogP contribution in [-0.2, 0) is 32.6 Å². The Morgan fingerprint density at radius 3 is 2.26 bits per heavy atom. The first-order chi connectivity index (χ1) is 19.9. The average molecular weight is 614 g/mol. The molecule has 0 unspecified atom stereocenters. The first-order valence-electron chi connectivity index (χ1n) is 13.9. The molecule has 0 aromatic heterocycles. The number of nitrogens with zero attached hydrogens (tertiary/aromatic N) is 2. The summed E-state index contributed by atoms with van der Waals surface area (Å²) in [5.74, 6) is -0.0410. The van der Waals surface area contributed by atoms with Crippen molar-refractivity contribution >= 4 is 39.1 Å². The Morgan fingerprint density at radius 2 is 1.67 bits per heavy atom. The van der Waals surface area contributed by atoms with Crippen LogP contribution in [0.3, 0.4) is 0 Å². The van der Waals surface area contributed by atoms with Crippen LogP contribution in [0.1, 0.15) is 43.4 Å². The minimum atomic E-state index is -3.67. The van der Waals surface area contributed by atoms with Crippen molar-refractivity contribution in [3.05, 3.63) is 94.5 Å². The molecule has 226 valence electrons. The number of carbonyl (C=O) groups is 2. The molecule has 3 aromatic rings. The molecule has 0 heterocycles. The van der Waals surface area contributed by atoms with Gasteiger partial charge < -0.3 is 15.0 Å². The van der Waals surface area contributed by atoms with Crippen molar-refractivity contribution in [1.29, 1.82) is 0 Å². The number of amides is 2. The Kier molecular flexibility index (Phi) is 11.8. The monoisotopic (exact) mass is 613 g/mol. The topological polar surface area (TPSA) is 96.0 Å². The Bertz CT molecular complexity index is 1460. The lowest BCUT2D eigenvalue weighted by Crippen LogP contribution is -2.52. The number of anilines is 1. The van der Waals surface area contributed by atoms with Gasteiger partial charge in [-0.05, 0) is 62.1 Å². The number of ether oxygens (including phenoxy) is 1. The molecular formula is C32H40ClN3O5S. The molecule has 0 aliphatic carbocycles. The van der Waals surface area contributed by atoms with Gasteiger partial charge in [-0.15, -0.1) is 0 Å². The van der Waals surface area contributed by atoms with E-state index in [0.717, 1.165) is 22.9 Å². The highest BCUT2D eigenvalue weighted by Crippen LogP contribution is 2.30. The predicted octanol–water partition coefficient (Wildman–Crippen LogP) is 5.37. The molecule has 0 aliphatic heterocycles. The summed E-state index contributed by atoms with van der Waals surface area (Å²) in [6.45, 7) is 6.06. The molecule has 3 rings (SSSR count). The molecule has 3 aromatic carbocycles. The zero-order valence-electron chi connectivity index (χ0n) is 24.8. The van der Waals surface area contributed by atoms with Crippen LogP contribution in [-0.4, -0.2) is 57.1 Å². The molecule has 2 amide bonds. The standard InChI is InChI=1S/C32H40ClN3O5S/c1-23(2)34-32(38)29(20-25-13-7-6-8-14-25)35(22-26-15-10-9-12-24(26)3)31(37)16-11-19-36(42(5,39)40)27-17-18-30(41-4)28(33)21-27/h6-10,12-15,17-18,21,23,29H,11,16,19-20,22H2,1-5H3,(H,34,38)/t29-/m1/s1. The minimum Gasteiger partial charge on any atom is -0.495 e. The Labute approximate surface area is 254 Å². The molecule has 0 saturated carbocycles. The third kappa shape index (κ3) is 9.22. The van der Waals surface area contributed by atoms with Crippen molar-refractivity contribution in [2.75, 3.05) is 24.2 Å². The van der Waals surface area contributed by atoms with Crippen LogP contribution in [0.15, 0.2) is 72.8 Å². The van der Waals surface area contributed by atoms with E-state index in [2.05, 4.69) is 5.32 Å². The van der Waals surface area contributed by atoms with Crippen molar-refractivity contribution in [3.63, 3.8) is 0 Å². The lowest BCUT2D eigenvalue weighted by molar-refractivity contribution is -0.141. The van der Waals surface area contributed by atoms with E-state index in [1.807, 2.05) is 75.4 Å². The molecular weight excluding hydrogens is 574 g/mol. The number of nitrogens with one attached hydrogen (secondary N) is 1. The zero-order chi connectivity index (χ0) is 30.9. The first kappa shape index (κ1) is 32.9. The fourth-order valence-corrected chi connectivity index (χ4v) is 5.93. The second-order valence-electron chi connectivity index (χ2n) is 10.6. The zero-order valence-corrected chi connectivity index (χ0v) is 26.4. The molecule has 1 atom stereocenters. The number of carbonyl (C=O) groups excluding carboxylic acids is 2. The fourth-order valence-electron chi connectivity index (χ4n) is 4.72. The molecule has 42 heavy (non-hydrogen) atoms. The minimum absolute atomic E-state index is 0.0437. The summed E-state index contributed by atoms with van der Waals surface area (Å²) < 4.78 is 31.8. The number of methoxy groups -OCH3 is 1. The second kappa shape index (κ2) is 15.1.